The summed E-state index contributed by atoms with van der Waals surface area (Å²) < 4.78 is 23.3. The van der Waals surface area contributed by atoms with Crippen LogP contribution in [0.1, 0.15) is 25.7 Å². The van der Waals surface area contributed by atoms with E-state index in [1.54, 1.807) is 12.1 Å². The molecule has 1 aromatic carbocycles. The molecule has 0 bridgehead atoms. The molecule has 2 fully saturated rings. The summed E-state index contributed by atoms with van der Waals surface area (Å²) in [6.07, 6.45) is 9.72. The number of nitrogens with zero attached hydrogens (tertiary/aromatic N) is 4. The van der Waals surface area contributed by atoms with Gasteiger partial charge in [0.15, 0.2) is 9.84 Å². The van der Waals surface area contributed by atoms with Crippen molar-refractivity contribution < 1.29 is 8.42 Å². The minimum atomic E-state index is -3.13. The lowest BCUT2D eigenvalue weighted by Crippen LogP contribution is -2.41. The Hall–Kier alpha value is -2.15. The third kappa shape index (κ3) is 4.29. The first-order valence-corrected chi connectivity index (χ1v) is 12.0. The van der Waals surface area contributed by atoms with E-state index in [4.69, 9.17) is 0 Å². The van der Waals surface area contributed by atoms with Gasteiger partial charge in [0.25, 0.3) is 0 Å². The molecule has 0 aliphatic carbocycles. The van der Waals surface area contributed by atoms with Crippen LogP contribution >= 0.6 is 0 Å². The second-order valence-electron chi connectivity index (χ2n) is 7.96. The van der Waals surface area contributed by atoms with Gasteiger partial charge in [0.2, 0.25) is 5.95 Å². The zero-order valence-electron chi connectivity index (χ0n) is 16.4. The van der Waals surface area contributed by atoms with Gasteiger partial charge >= 0.3 is 0 Å². The largest absolute Gasteiger partial charge is 0.372 e. The van der Waals surface area contributed by atoms with Gasteiger partial charge in [0.05, 0.1) is 4.90 Å². The van der Waals surface area contributed by atoms with Gasteiger partial charge in [-0.25, -0.2) is 18.4 Å². The molecule has 0 spiro atoms. The molecule has 0 saturated carbocycles. The van der Waals surface area contributed by atoms with Crippen LogP contribution in [0.4, 0.5) is 11.6 Å². The number of rotatable bonds is 4. The maximum absolute atomic E-state index is 11.6. The lowest BCUT2D eigenvalue weighted by atomic mass is 9.79. The second kappa shape index (κ2) is 8.07. The van der Waals surface area contributed by atoms with Crippen LogP contribution < -0.4 is 9.80 Å². The van der Waals surface area contributed by atoms with Gasteiger partial charge in [-0.3, -0.25) is 0 Å². The molecular formula is C21H28N4O2S. The van der Waals surface area contributed by atoms with Crippen molar-refractivity contribution in [2.24, 2.45) is 11.8 Å². The molecular weight excluding hydrogens is 372 g/mol. The molecule has 2 aliphatic rings. The molecule has 4 rings (SSSR count). The maximum atomic E-state index is 11.6. The van der Waals surface area contributed by atoms with Gasteiger partial charge in [-0.2, -0.15) is 0 Å². The molecule has 0 N–H and O–H groups in total. The molecule has 2 saturated heterocycles. The van der Waals surface area contributed by atoms with Gasteiger partial charge in [0, 0.05) is 50.5 Å². The highest BCUT2D eigenvalue weighted by Gasteiger charge is 2.30. The summed E-state index contributed by atoms with van der Waals surface area (Å²) in [6, 6.07) is 9.18. The molecule has 2 aliphatic heterocycles. The summed E-state index contributed by atoms with van der Waals surface area (Å²) in [4.78, 5) is 13.8. The van der Waals surface area contributed by atoms with Crippen LogP contribution in [0.5, 0.6) is 0 Å². The van der Waals surface area contributed by atoms with Crippen molar-refractivity contribution in [3.8, 4) is 0 Å². The van der Waals surface area contributed by atoms with Crippen molar-refractivity contribution in [2.45, 2.75) is 30.6 Å². The van der Waals surface area contributed by atoms with E-state index in [9.17, 15) is 8.42 Å². The molecule has 3 heterocycles. The third-order valence-electron chi connectivity index (χ3n) is 6.21. The van der Waals surface area contributed by atoms with Crippen molar-refractivity contribution in [2.75, 3.05) is 42.2 Å². The molecule has 0 unspecified atom stereocenters. The molecule has 0 atom stereocenters. The van der Waals surface area contributed by atoms with Crippen LogP contribution in [0.15, 0.2) is 47.6 Å². The number of hydrogen-bond donors (Lipinski definition) is 0. The fourth-order valence-corrected chi connectivity index (χ4v) is 5.19. The minimum absolute atomic E-state index is 0.389. The Kier molecular flexibility index (Phi) is 5.53. The fraction of sp³-hybridized carbons (Fsp3) is 0.524. The predicted octanol–water partition coefficient (Wildman–Crippen LogP) is 3.01. The van der Waals surface area contributed by atoms with Crippen LogP contribution in [-0.4, -0.2) is 50.8 Å². The Bertz CT molecular complexity index is 870. The van der Waals surface area contributed by atoms with Crippen LogP contribution in [0.3, 0.4) is 0 Å². The standard InChI is InChI=1S/C21H28N4O2S/c1-28(26,27)20-5-3-19(4-6-20)24-13-7-17(8-14-24)18-9-15-25(16-10-18)21-22-11-2-12-23-21/h2-6,11-12,17-18H,7-10,13-16H2,1H3. The smallest absolute Gasteiger partial charge is 0.225 e. The van der Waals surface area contributed by atoms with Crippen molar-refractivity contribution >= 4 is 21.5 Å². The molecule has 0 amide bonds. The monoisotopic (exact) mass is 400 g/mol. The van der Waals surface area contributed by atoms with E-state index in [2.05, 4.69) is 19.8 Å². The number of hydrogen-bond acceptors (Lipinski definition) is 6. The first-order valence-electron chi connectivity index (χ1n) is 10.1. The zero-order valence-corrected chi connectivity index (χ0v) is 17.2. The molecule has 7 heteroatoms. The van der Waals surface area contributed by atoms with E-state index in [1.165, 1.54) is 31.9 Å². The third-order valence-corrected chi connectivity index (χ3v) is 7.34. The molecule has 1 aromatic heterocycles. The summed E-state index contributed by atoms with van der Waals surface area (Å²) in [7, 11) is -3.13. The van der Waals surface area contributed by atoms with Crippen LogP contribution in [0.2, 0.25) is 0 Å². The Balaban J connectivity index is 1.29. The quantitative estimate of drug-likeness (QED) is 0.786. The van der Waals surface area contributed by atoms with Crippen LogP contribution in [-0.2, 0) is 9.84 Å². The maximum Gasteiger partial charge on any atom is 0.225 e. The second-order valence-corrected chi connectivity index (χ2v) is 9.98. The highest BCUT2D eigenvalue weighted by atomic mass is 32.2. The van der Waals surface area contributed by atoms with Crippen molar-refractivity contribution in [1.82, 2.24) is 9.97 Å². The zero-order chi connectivity index (χ0) is 19.6. The number of sulfone groups is 1. The highest BCUT2D eigenvalue weighted by molar-refractivity contribution is 7.90. The molecule has 150 valence electrons. The Labute approximate surface area is 167 Å². The summed E-state index contributed by atoms with van der Waals surface area (Å²) in [5.41, 5.74) is 1.13. The summed E-state index contributed by atoms with van der Waals surface area (Å²) in [6.45, 7) is 4.18. The Morgan fingerprint density at radius 3 is 1.82 bits per heavy atom. The minimum Gasteiger partial charge on any atom is -0.372 e. The van der Waals surface area contributed by atoms with Crippen molar-refractivity contribution in [1.29, 1.82) is 0 Å². The van der Waals surface area contributed by atoms with Crippen LogP contribution in [0, 0.1) is 11.8 Å². The van der Waals surface area contributed by atoms with Crippen LogP contribution in [0.25, 0.3) is 0 Å². The van der Waals surface area contributed by atoms with Crippen molar-refractivity contribution in [3.05, 3.63) is 42.7 Å². The highest BCUT2D eigenvalue weighted by Crippen LogP contribution is 2.34. The van der Waals surface area contributed by atoms with E-state index in [1.807, 2.05) is 30.6 Å². The summed E-state index contributed by atoms with van der Waals surface area (Å²) in [5.74, 6) is 2.42. The average Bonchev–Trinajstić information content (AvgIpc) is 2.74. The average molecular weight is 401 g/mol. The predicted molar refractivity (Wildman–Crippen MR) is 111 cm³/mol. The van der Waals surface area contributed by atoms with E-state index < -0.39 is 9.84 Å². The van der Waals surface area contributed by atoms with Gasteiger partial charge < -0.3 is 9.80 Å². The SMILES string of the molecule is CS(=O)(=O)c1ccc(N2CCC(C3CCN(c4ncccn4)CC3)CC2)cc1. The van der Waals surface area contributed by atoms with E-state index >= 15 is 0 Å². The number of anilines is 2. The van der Waals surface area contributed by atoms with Gasteiger partial charge in [-0.05, 0) is 67.9 Å². The number of piperidine rings is 2. The topological polar surface area (TPSA) is 66.4 Å². The molecule has 0 radical (unpaired) electrons. The van der Waals surface area contributed by atoms with Gasteiger partial charge in [-0.15, -0.1) is 0 Å². The molecule has 6 nitrogen and oxygen atoms in total. The lowest BCUT2D eigenvalue weighted by Gasteiger charge is -2.40. The molecule has 2 aromatic rings. The van der Waals surface area contributed by atoms with Gasteiger partial charge in [0.1, 0.15) is 0 Å². The summed E-state index contributed by atoms with van der Waals surface area (Å²) >= 11 is 0. The number of aromatic nitrogens is 2. The normalized spacial score (nSPS) is 19.8. The number of benzene rings is 1. The van der Waals surface area contributed by atoms with E-state index in [0.717, 1.165) is 49.7 Å². The van der Waals surface area contributed by atoms with Crippen molar-refractivity contribution in [3.63, 3.8) is 0 Å². The van der Waals surface area contributed by atoms with Gasteiger partial charge in [-0.1, -0.05) is 0 Å². The lowest BCUT2D eigenvalue weighted by molar-refractivity contribution is 0.232. The Morgan fingerprint density at radius 2 is 1.32 bits per heavy atom. The Morgan fingerprint density at radius 1 is 0.821 bits per heavy atom. The fourth-order valence-electron chi connectivity index (χ4n) is 4.56. The first kappa shape index (κ1) is 19.2. The van der Waals surface area contributed by atoms with E-state index in [0.29, 0.717) is 4.90 Å². The summed E-state index contributed by atoms with van der Waals surface area (Å²) in [5, 5.41) is 0. The first-order chi connectivity index (χ1) is 13.5. The molecule has 28 heavy (non-hydrogen) atoms. The van der Waals surface area contributed by atoms with E-state index in [-0.39, 0.29) is 0 Å².